The van der Waals surface area contributed by atoms with E-state index in [1.807, 2.05) is 6.92 Å². The summed E-state index contributed by atoms with van der Waals surface area (Å²) >= 11 is 0. The number of anilines is 1. The minimum Gasteiger partial charge on any atom is -0.424 e. The SMILES string of the molecule is Cc1cc(Oc2ncccn2)ccc1NC(=O)c1ccc(CN2C(=O)CCC2=O)cc1. The van der Waals surface area contributed by atoms with Gasteiger partial charge in [0.1, 0.15) is 5.75 Å². The first-order chi connectivity index (χ1) is 15.0. The normalized spacial score (nSPS) is 13.4. The standard InChI is InChI=1S/C23H20N4O4/c1-15-13-18(31-23-24-11-2-12-25-23)7-8-19(15)26-22(30)17-5-3-16(4-6-17)14-27-20(28)9-10-21(27)29/h2-8,11-13H,9-10,14H2,1H3,(H,26,30). The van der Waals surface area contributed by atoms with Gasteiger partial charge in [-0.25, -0.2) is 9.97 Å². The summed E-state index contributed by atoms with van der Waals surface area (Å²) in [6, 6.07) is 14.1. The van der Waals surface area contributed by atoms with Crippen LogP contribution in [0.1, 0.15) is 34.3 Å². The highest BCUT2D eigenvalue weighted by atomic mass is 16.5. The molecule has 1 fully saturated rings. The average Bonchev–Trinajstić information content (AvgIpc) is 3.09. The van der Waals surface area contributed by atoms with E-state index in [0.717, 1.165) is 11.1 Å². The van der Waals surface area contributed by atoms with Crippen LogP contribution in [0.25, 0.3) is 0 Å². The van der Waals surface area contributed by atoms with E-state index in [2.05, 4.69) is 15.3 Å². The number of nitrogens with zero attached hydrogens (tertiary/aromatic N) is 3. The summed E-state index contributed by atoms with van der Waals surface area (Å²) in [6.45, 7) is 2.09. The predicted octanol–water partition coefficient (Wildman–Crippen LogP) is 3.48. The lowest BCUT2D eigenvalue weighted by atomic mass is 10.1. The summed E-state index contributed by atoms with van der Waals surface area (Å²) in [5.74, 6) is -0.0119. The van der Waals surface area contributed by atoms with Crippen LogP contribution in [0, 0.1) is 6.92 Å². The van der Waals surface area contributed by atoms with E-state index in [1.165, 1.54) is 4.90 Å². The van der Waals surface area contributed by atoms with E-state index >= 15 is 0 Å². The summed E-state index contributed by atoms with van der Waals surface area (Å²) in [5, 5.41) is 2.88. The van der Waals surface area contributed by atoms with Crippen molar-refractivity contribution in [2.45, 2.75) is 26.3 Å². The number of carbonyl (C=O) groups excluding carboxylic acids is 3. The number of hydrogen-bond acceptors (Lipinski definition) is 6. The number of nitrogens with one attached hydrogen (secondary N) is 1. The van der Waals surface area contributed by atoms with Crippen molar-refractivity contribution in [1.82, 2.24) is 14.9 Å². The molecule has 2 aromatic carbocycles. The Kier molecular flexibility index (Phi) is 5.70. The second-order valence-electron chi connectivity index (χ2n) is 7.13. The molecule has 3 aromatic rings. The lowest BCUT2D eigenvalue weighted by Crippen LogP contribution is -2.28. The molecule has 3 amide bonds. The number of imide groups is 1. The molecule has 1 saturated heterocycles. The molecule has 0 atom stereocenters. The molecule has 2 heterocycles. The zero-order valence-electron chi connectivity index (χ0n) is 16.9. The van der Waals surface area contributed by atoms with Gasteiger partial charge in [0.05, 0.1) is 6.54 Å². The molecule has 0 aliphatic carbocycles. The quantitative estimate of drug-likeness (QED) is 0.618. The average molecular weight is 416 g/mol. The molecule has 31 heavy (non-hydrogen) atoms. The lowest BCUT2D eigenvalue weighted by molar-refractivity contribution is -0.139. The van der Waals surface area contributed by atoms with Gasteiger partial charge >= 0.3 is 6.01 Å². The Hall–Kier alpha value is -4.07. The van der Waals surface area contributed by atoms with Crippen LogP contribution in [0.5, 0.6) is 11.8 Å². The van der Waals surface area contributed by atoms with Gasteiger partial charge in [-0.2, -0.15) is 0 Å². The van der Waals surface area contributed by atoms with E-state index in [0.29, 0.717) is 17.0 Å². The number of benzene rings is 2. The number of likely N-dealkylation sites (tertiary alicyclic amines) is 1. The molecular formula is C23H20N4O4. The van der Waals surface area contributed by atoms with Crippen LogP contribution in [0.3, 0.4) is 0 Å². The highest BCUT2D eigenvalue weighted by Gasteiger charge is 2.28. The lowest BCUT2D eigenvalue weighted by Gasteiger charge is -2.14. The van der Waals surface area contributed by atoms with E-state index in [-0.39, 0.29) is 43.1 Å². The van der Waals surface area contributed by atoms with Crippen LogP contribution in [-0.2, 0) is 16.1 Å². The van der Waals surface area contributed by atoms with E-state index in [4.69, 9.17) is 4.74 Å². The number of rotatable bonds is 6. The maximum atomic E-state index is 12.6. The minimum absolute atomic E-state index is 0.159. The Balaban J connectivity index is 1.39. The third-order valence-electron chi connectivity index (χ3n) is 4.91. The third kappa shape index (κ3) is 4.75. The number of hydrogen-bond donors (Lipinski definition) is 1. The van der Waals surface area contributed by atoms with Crippen LogP contribution in [0.15, 0.2) is 60.9 Å². The maximum Gasteiger partial charge on any atom is 0.321 e. The molecule has 0 radical (unpaired) electrons. The van der Waals surface area contributed by atoms with E-state index in [9.17, 15) is 14.4 Å². The van der Waals surface area contributed by atoms with E-state index < -0.39 is 0 Å². The van der Waals surface area contributed by atoms with Crippen molar-refractivity contribution in [3.8, 4) is 11.8 Å². The van der Waals surface area contributed by atoms with Crippen LogP contribution in [0.2, 0.25) is 0 Å². The molecule has 1 aromatic heterocycles. The zero-order chi connectivity index (χ0) is 21.8. The number of ether oxygens (including phenoxy) is 1. The zero-order valence-corrected chi connectivity index (χ0v) is 16.9. The first kappa shape index (κ1) is 20.2. The van der Waals surface area contributed by atoms with Crippen molar-refractivity contribution < 1.29 is 19.1 Å². The van der Waals surface area contributed by atoms with Crippen LogP contribution in [0.4, 0.5) is 5.69 Å². The highest BCUT2D eigenvalue weighted by molar-refractivity contribution is 6.05. The van der Waals surface area contributed by atoms with Crippen molar-refractivity contribution >= 4 is 23.4 Å². The molecule has 1 aliphatic heterocycles. The summed E-state index contributed by atoms with van der Waals surface area (Å²) in [4.78, 5) is 45.4. The van der Waals surface area contributed by atoms with Crippen molar-refractivity contribution in [3.05, 3.63) is 77.6 Å². The Labute approximate surface area is 178 Å². The summed E-state index contributed by atoms with van der Waals surface area (Å²) in [5.41, 5.74) is 2.74. The smallest absolute Gasteiger partial charge is 0.321 e. The molecule has 4 rings (SSSR count). The van der Waals surface area contributed by atoms with Crippen molar-refractivity contribution in [2.24, 2.45) is 0 Å². The maximum absolute atomic E-state index is 12.6. The third-order valence-corrected chi connectivity index (χ3v) is 4.91. The fourth-order valence-electron chi connectivity index (χ4n) is 3.22. The second kappa shape index (κ2) is 8.74. The molecule has 1 N–H and O–H groups in total. The minimum atomic E-state index is -0.261. The van der Waals surface area contributed by atoms with Gasteiger partial charge in [0, 0.05) is 36.5 Å². The van der Waals surface area contributed by atoms with Crippen LogP contribution in [-0.4, -0.2) is 32.6 Å². The molecule has 0 spiro atoms. The first-order valence-electron chi connectivity index (χ1n) is 9.78. The van der Waals surface area contributed by atoms with Gasteiger partial charge in [0.2, 0.25) is 11.8 Å². The van der Waals surface area contributed by atoms with Gasteiger partial charge in [-0.05, 0) is 54.4 Å². The van der Waals surface area contributed by atoms with E-state index in [1.54, 1.807) is 60.9 Å². The fourth-order valence-corrected chi connectivity index (χ4v) is 3.22. The van der Waals surface area contributed by atoms with Crippen molar-refractivity contribution in [2.75, 3.05) is 5.32 Å². The molecule has 0 unspecified atom stereocenters. The molecule has 1 aliphatic rings. The van der Waals surface area contributed by atoms with Gasteiger partial charge in [-0.1, -0.05) is 12.1 Å². The number of amides is 3. The molecule has 0 bridgehead atoms. The van der Waals surface area contributed by atoms with Crippen LogP contribution >= 0.6 is 0 Å². The first-order valence-corrected chi connectivity index (χ1v) is 9.78. The highest BCUT2D eigenvalue weighted by Crippen LogP contribution is 2.25. The molecule has 8 nitrogen and oxygen atoms in total. The van der Waals surface area contributed by atoms with Crippen molar-refractivity contribution in [3.63, 3.8) is 0 Å². The summed E-state index contributed by atoms with van der Waals surface area (Å²) in [7, 11) is 0. The molecule has 0 saturated carbocycles. The van der Waals surface area contributed by atoms with Gasteiger partial charge in [-0.15, -0.1) is 0 Å². The molecular weight excluding hydrogens is 396 g/mol. The Bertz CT molecular complexity index is 1110. The Morgan fingerprint density at radius 1 is 1.03 bits per heavy atom. The van der Waals surface area contributed by atoms with Crippen LogP contribution < -0.4 is 10.1 Å². The van der Waals surface area contributed by atoms with Gasteiger partial charge in [0.15, 0.2) is 0 Å². The summed E-state index contributed by atoms with van der Waals surface area (Å²) in [6.07, 6.45) is 3.72. The summed E-state index contributed by atoms with van der Waals surface area (Å²) < 4.78 is 5.60. The molecule has 156 valence electrons. The fraction of sp³-hybridized carbons (Fsp3) is 0.174. The Morgan fingerprint density at radius 3 is 2.35 bits per heavy atom. The van der Waals surface area contributed by atoms with Crippen molar-refractivity contribution in [1.29, 1.82) is 0 Å². The predicted molar refractivity (Wildman–Crippen MR) is 112 cm³/mol. The topological polar surface area (TPSA) is 101 Å². The number of aryl methyl sites for hydroxylation is 1. The Morgan fingerprint density at radius 2 is 1.71 bits per heavy atom. The molecule has 8 heteroatoms. The van der Waals surface area contributed by atoms with Gasteiger partial charge in [0.25, 0.3) is 5.91 Å². The van der Waals surface area contributed by atoms with Gasteiger partial charge in [-0.3, -0.25) is 19.3 Å². The largest absolute Gasteiger partial charge is 0.424 e. The number of carbonyl (C=O) groups is 3. The monoisotopic (exact) mass is 416 g/mol. The van der Waals surface area contributed by atoms with Gasteiger partial charge < -0.3 is 10.1 Å². The number of aromatic nitrogens is 2. The second-order valence-corrected chi connectivity index (χ2v) is 7.13.